The van der Waals surface area contributed by atoms with Gasteiger partial charge in [0.2, 0.25) is 0 Å². The van der Waals surface area contributed by atoms with E-state index in [4.69, 9.17) is 9.47 Å². The summed E-state index contributed by atoms with van der Waals surface area (Å²) in [6, 6.07) is 8.02. The van der Waals surface area contributed by atoms with Crippen LogP contribution in [0, 0.1) is 10.8 Å². The van der Waals surface area contributed by atoms with E-state index in [0.29, 0.717) is 57.5 Å². The maximum absolute atomic E-state index is 12.9. The van der Waals surface area contributed by atoms with E-state index in [2.05, 4.69) is 31.7 Å². The lowest BCUT2D eigenvalue weighted by molar-refractivity contribution is 0.0699. The molecule has 12 nitrogen and oxygen atoms in total. The van der Waals surface area contributed by atoms with Gasteiger partial charge in [-0.15, -0.1) is 4.91 Å². The van der Waals surface area contributed by atoms with Gasteiger partial charge in [-0.25, -0.2) is 17.9 Å². The lowest BCUT2D eigenvalue weighted by Gasteiger charge is -2.26. The second-order valence-electron chi connectivity index (χ2n) is 8.89. The molecule has 0 radical (unpaired) electrons. The molecule has 0 spiro atoms. The van der Waals surface area contributed by atoms with Crippen LogP contribution in [-0.4, -0.2) is 71.3 Å². The number of carbonyl (C=O) groups is 2. The number of halogens is 1. The maximum Gasteiger partial charge on any atom is 0.415 e. The summed E-state index contributed by atoms with van der Waals surface area (Å²) in [6.07, 6.45) is 1.28. The predicted molar refractivity (Wildman–Crippen MR) is 143 cm³/mol. The number of hydrogen-bond donors (Lipinski definition) is 3. The van der Waals surface area contributed by atoms with E-state index < -0.39 is 22.0 Å². The average molecular weight is 610 g/mol. The van der Waals surface area contributed by atoms with Crippen molar-refractivity contribution >= 4 is 49.3 Å². The molecule has 204 valence electrons. The molecular weight excluding hydrogens is 582 g/mol. The number of benzene rings is 2. The number of nitrogens with zero attached hydrogens (tertiary/aromatic N) is 2. The summed E-state index contributed by atoms with van der Waals surface area (Å²) in [6.45, 7) is 4.35. The molecule has 2 aromatic carbocycles. The van der Waals surface area contributed by atoms with Crippen LogP contribution >= 0.6 is 15.9 Å². The van der Waals surface area contributed by atoms with Gasteiger partial charge in [0.1, 0.15) is 11.4 Å². The van der Waals surface area contributed by atoms with Crippen molar-refractivity contribution in [1.82, 2.24) is 14.9 Å². The number of anilines is 1. The van der Waals surface area contributed by atoms with Crippen molar-refractivity contribution in [2.45, 2.75) is 17.7 Å². The fraction of sp³-hybridized carbons (Fsp3) is 0.417. The van der Waals surface area contributed by atoms with E-state index >= 15 is 0 Å². The SMILES string of the molecule is O=Nc1cc(S(=O)(=O)NC(=O)c2ccc(OC(=O)N3CCNCC3)cc2Br)ccc1NCC1CCOCC1. The molecule has 2 amide bonds. The summed E-state index contributed by atoms with van der Waals surface area (Å²) in [4.78, 5) is 37.8. The Kier molecular flexibility index (Phi) is 9.31. The zero-order valence-electron chi connectivity index (χ0n) is 20.4. The minimum Gasteiger partial charge on any atom is -0.410 e. The van der Waals surface area contributed by atoms with Crippen LogP contribution < -0.4 is 20.1 Å². The zero-order chi connectivity index (χ0) is 27.1. The van der Waals surface area contributed by atoms with Gasteiger partial charge in [0.25, 0.3) is 15.9 Å². The van der Waals surface area contributed by atoms with Gasteiger partial charge in [-0.3, -0.25) is 4.79 Å². The van der Waals surface area contributed by atoms with Crippen LogP contribution in [0.2, 0.25) is 0 Å². The number of amides is 2. The highest BCUT2D eigenvalue weighted by Crippen LogP contribution is 2.30. The molecule has 0 aromatic heterocycles. The molecule has 0 saturated carbocycles. The highest BCUT2D eigenvalue weighted by molar-refractivity contribution is 9.10. The monoisotopic (exact) mass is 609 g/mol. The van der Waals surface area contributed by atoms with Gasteiger partial charge in [0.05, 0.1) is 16.1 Å². The normalized spacial score (nSPS) is 16.5. The number of nitroso groups, excluding NO2 is 1. The molecule has 4 rings (SSSR count). The minimum absolute atomic E-state index is 0.0130. The van der Waals surface area contributed by atoms with Gasteiger partial charge >= 0.3 is 6.09 Å². The number of rotatable bonds is 8. The Balaban J connectivity index is 1.40. The van der Waals surface area contributed by atoms with E-state index in [9.17, 15) is 22.9 Å². The number of piperazine rings is 1. The van der Waals surface area contributed by atoms with E-state index in [1.54, 1.807) is 4.90 Å². The molecule has 0 bridgehead atoms. The van der Waals surface area contributed by atoms with Crippen molar-refractivity contribution < 1.29 is 27.5 Å². The average Bonchev–Trinajstić information content (AvgIpc) is 2.92. The summed E-state index contributed by atoms with van der Waals surface area (Å²) >= 11 is 3.24. The molecular formula is C24H28BrN5O7S. The molecule has 3 N–H and O–H groups in total. The maximum atomic E-state index is 12.9. The smallest absolute Gasteiger partial charge is 0.410 e. The van der Waals surface area contributed by atoms with Gasteiger partial charge in [-0.2, -0.15) is 0 Å². The largest absolute Gasteiger partial charge is 0.415 e. The Bertz CT molecular complexity index is 1300. The molecule has 14 heteroatoms. The number of sulfonamides is 1. The summed E-state index contributed by atoms with van der Waals surface area (Å²) in [5, 5.41) is 9.24. The quantitative estimate of drug-likeness (QED) is 0.382. The molecule has 0 unspecified atom stereocenters. The Morgan fingerprint density at radius 1 is 1.13 bits per heavy atom. The number of ether oxygens (including phenoxy) is 2. The van der Waals surface area contributed by atoms with Crippen LogP contribution in [0.15, 0.2) is 50.9 Å². The van der Waals surface area contributed by atoms with Gasteiger partial charge < -0.3 is 25.0 Å². The van der Waals surface area contributed by atoms with Crippen molar-refractivity contribution in [1.29, 1.82) is 0 Å². The van der Waals surface area contributed by atoms with Gasteiger partial charge in [0, 0.05) is 50.4 Å². The highest BCUT2D eigenvalue weighted by atomic mass is 79.9. The molecule has 2 fully saturated rings. The summed E-state index contributed by atoms with van der Waals surface area (Å²) in [7, 11) is -4.31. The second-order valence-corrected chi connectivity index (χ2v) is 11.4. The molecule has 2 aliphatic rings. The Morgan fingerprint density at radius 3 is 2.55 bits per heavy atom. The lowest BCUT2D eigenvalue weighted by atomic mass is 10.0. The van der Waals surface area contributed by atoms with Crippen LogP contribution in [0.3, 0.4) is 0 Å². The molecule has 0 atom stereocenters. The third-order valence-corrected chi connectivity index (χ3v) is 8.28. The van der Waals surface area contributed by atoms with Crippen LogP contribution in [0.1, 0.15) is 23.2 Å². The fourth-order valence-electron chi connectivity index (χ4n) is 4.10. The lowest BCUT2D eigenvalue weighted by Crippen LogP contribution is -2.47. The standard InChI is InChI=1S/C24H28BrN5O7S/c25-20-13-17(37-24(32)30-9-7-26-8-10-30)1-3-19(20)23(31)29-38(34,35)18-2-4-21(22(14-18)28-33)27-15-16-5-11-36-12-6-16/h1-4,13-14,16,26-27H,5-12,15H2,(H,29,31). The first-order valence-corrected chi connectivity index (χ1v) is 14.4. The first-order chi connectivity index (χ1) is 18.3. The minimum atomic E-state index is -4.31. The first kappa shape index (κ1) is 28.0. The van der Waals surface area contributed by atoms with Crippen molar-refractivity contribution in [2.24, 2.45) is 11.1 Å². The second kappa shape index (κ2) is 12.7. The van der Waals surface area contributed by atoms with Crippen molar-refractivity contribution in [2.75, 3.05) is 51.3 Å². The molecule has 0 aliphatic carbocycles. The van der Waals surface area contributed by atoms with Crippen LogP contribution in [0.25, 0.3) is 0 Å². The first-order valence-electron chi connectivity index (χ1n) is 12.1. The van der Waals surface area contributed by atoms with Gasteiger partial charge in [0.15, 0.2) is 0 Å². The van der Waals surface area contributed by atoms with Crippen LogP contribution in [-0.2, 0) is 14.8 Å². The Morgan fingerprint density at radius 2 is 1.87 bits per heavy atom. The topological polar surface area (TPSA) is 155 Å². The van der Waals surface area contributed by atoms with E-state index in [1.165, 1.54) is 30.3 Å². The Labute approximate surface area is 228 Å². The third-order valence-electron chi connectivity index (χ3n) is 6.29. The molecule has 2 aliphatic heterocycles. The highest BCUT2D eigenvalue weighted by Gasteiger charge is 2.23. The summed E-state index contributed by atoms with van der Waals surface area (Å²) in [5.41, 5.74) is 0.341. The zero-order valence-corrected chi connectivity index (χ0v) is 22.8. The van der Waals surface area contributed by atoms with Gasteiger partial charge in [-0.1, -0.05) is 0 Å². The van der Waals surface area contributed by atoms with E-state index in [0.717, 1.165) is 18.9 Å². The van der Waals surface area contributed by atoms with E-state index in [-0.39, 0.29) is 26.4 Å². The number of hydrogen-bond acceptors (Lipinski definition) is 10. The van der Waals surface area contributed by atoms with Crippen molar-refractivity contribution in [3.05, 3.63) is 51.3 Å². The Hall–Kier alpha value is -3.07. The van der Waals surface area contributed by atoms with Crippen LogP contribution in [0.5, 0.6) is 5.75 Å². The van der Waals surface area contributed by atoms with Crippen LogP contribution in [0.4, 0.5) is 16.2 Å². The van der Waals surface area contributed by atoms with E-state index in [1.807, 2.05) is 4.72 Å². The summed E-state index contributed by atoms with van der Waals surface area (Å²) < 4.78 is 38.7. The molecule has 2 heterocycles. The van der Waals surface area contributed by atoms with Crippen molar-refractivity contribution in [3.8, 4) is 5.75 Å². The predicted octanol–water partition coefficient (Wildman–Crippen LogP) is 3.21. The molecule has 38 heavy (non-hydrogen) atoms. The van der Waals surface area contributed by atoms with Crippen molar-refractivity contribution in [3.63, 3.8) is 0 Å². The molecule has 2 saturated heterocycles. The third kappa shape index (κ3) is 7.07. The fourth-order valence-corrected chi connectivity index (χ4v) is 5.62. The molecule has 2 aromatic rings. The van der Waals surface area contributed by atoms with Gasteiger partial charge in [-0.05, 0) is 76.3 Å². The number of carbonyl (C=O) groups excluding carboxylic acids is 2. The summed E-state index contributed by atoms with van der Waals surface area (Å²) in [5.74, 6) is -0.328. The number of nitrogens with one attached hydrogen (secondary N) is 3.